The lowest BCUT2D eigenvalue weighted by molar-refractivity contribution is 0.352. The maximum atomic E-state index is 3.69. The molecule has 0 radical (unpaired) electrons. The van der Waals surface area contributed by atoms with E-state index in [4.69, 9.17) is 0 Å². The first-order chi connectivity index (χ1) is 6.88. The molecular weight excluding hydrogens is 172 g/mol. The second-order valence-corrected chi connectivity index (χ2v) is 4.52. The summed E-state index contributed by atoms with van der Waals surface area (Å²) in [6, 6.07) is 8.68. The molecule has 2 aliphatic heterocycles. The molecule has 1 spiro atoms. The molecule has 1 aromatic rings. The van der Waals surface area contributed by atoms with Crippen molar-refractivity contribution in [2.45, 2.75) is 24.8 Å². The number of hydrogen-bond acceptors (Lipinski definition) is 2. The minimum atomic E-state index is 0.321. The molecule has 74 valence electrons. The zero-order valence-electron chi connectivity index (χ0n) is 8.34. The molecule has 1 atom stereocenters. The van der Waals surface area contributed by atoms with Gasteiger partial charge in [0.1, 0.15) is 0 Å². The molecule has 0 amide bonds. The van der Waals surface area contributed by atoms with E-state index in [0.29, 0.717) is 5.54 Å². The summed E-state index contributed by atoms with van der Waals surface area (Å²) < 4.78 is 0. The molecule has 1 fully saturated rings. The number of piperidine rings is 1. The van der Waals surface area contributed by atoms with E-state index in [0.717, 1.165) is 6.54 Å². The number of nitrogens with one attached hydrogen (secondary N) is 2. The van der Waals surface area contributed by atoms with Gasteiger partial charge in [0.25, 0.3) is 0 Å². The minimum Gasteiger partial charge on any atom is -0.378 e. The average Bonchev–Trinajstić information content (AvgIpc) is 2.56. The van der Waals surface area contributed by atoms with E-state index in [1.54, 1.807) is 0 Å². The number of rotatable bonds is 0. The van der Waals surface area contributed by atoms with Crippen LogP contribution in [0.25, 0.3) is 0 Å². The molecule has 2 nitrogen and oxygen atoms in total. The van der Waals surface area contributed by atoms with E-state index < -0.39 is 0 Å². The molecule has 14 heavy (non-hydrogen) atoms. The first kappa shape index (κ1) is 8.30. The van der Waals surface area contributed by atoms with Gasteiger partial charge in [-0.3, -0.25) is 0 Å². The van der Waals surface area contributed by atoms with Crippen LogP contribution in [0.4, 0.5) is 5.69 Å². The van der Waals surface area contributed by atoms with E-state index in [9.17, 15) is 0 Å². The molecule has 0 aliphatic carbocycles. The molecule has 0 unspecified atom stereocenters. The van der Waals surface area contributed by atoms with Gasteiger partial charge < -0.3 is 10.6 Å². The van der Waals surface area contributed by atoms with Crippen LogP contribution in [0.1, 0.15) is 18.4 Å². The van der Waals surface area contributed by atoms with Gasteiger partial charge in [0.15, 0.2) is 0 Å². The number of para-hydroxylation sites is 1. The van der Waals surface area contributed by atoms with Crippen LogP contribution in [-0.2, 0) is 6.42 Å². The molecule has 0 bridgehead atoms. The van der Waals surface area contributed by atoms with Crippen LogP contribution in [0.3, 0.4) is 0 Å². The molecule has 0 saturated carbocycles. The van der Waals surface area contributed by atoms with Crippen molar-refractivity contribution in [1.29, 1.82) is 0 Å². The van der Waals surface area contributed by atoms with E-state index in [2.05, 4.69) is 34.9 Å². The van der Waals surface area contributed by atoms with Crippen molar-refractivity contribution in [2.24, 2.45) is 0 Å². The van der Waals surface area contributed by atoms with Crippen molar-refractivity contribution < 1.29 is 0 Å². The van der Waals surface area contributed by atoms with Gasteiger partial charge in [-0.15, -0.1) is 0 Å². The van der Waals surface area contributed by atoms with Crippen LogP contribution in [0, 0.1) is 0 Å². The average molecular weight is 188 g/mol. The highest BCUT2D eigenvalue weighted by Crippen LogP contribution is 2.35. The SMILES string of the molecule is c1ccc2c(c1)C[C@@]1(CCCNC1)N2. The predicted octanol–water partition coefficient (Wildman–Crippen LogP) is 1.78. The van der Waals surface area contributed by atoms with Crippen molar-refractivity contribution in [3.05, 3.63) is 29.8 Å². The Labute approximate surface area is 84.7 Å². The lowest BCUT2D eigenvalue weighted by Crippen LogP contribution is -2.50. The zero-order chi connectivity index (χ0) is 9.43. The Kier molecular flexibility index (Phi) is 1.77. The molecule has 2 aliphatic rings. The molecule has 1 aromatic carbocycles. The van der Waals surface area contributed by atoms with E-state index >= 15 is 0 Å². The van der Waals surface area contributed by atoms with Gasteiger partial charge in [-0.25, -0.2) is 0 Å². The van der Waals surface area contributed by atoms with Gasteiger partial charge in [-0.1, -0.05) is 18.2 Å². The van der Waals surface area contributed by atoms with Gasteiger partial charge >= 0.3 is 0 Å². The molecular formula is C12H16N2. The van der Waals surface area contributed by atoms with Gasteiger partial charge in [-0.05, 0) is 37.4 Å². The topological polar surface area (TPSA) is 24.1 Å². The summed E-state index contributed by atoms with van der Waals surface area (Å²) in [5.74, 6) is 0. The van der Waals surface area contributed by atoms with Crippen molar-refractivity contribution >= 4 is 5.69 Å². The van der Waals surface area contributed by atoms with Crippen LogP contribution in [-0.4, -0.2) is 18.6 Å². The van der Waals surface area contributed by atoms with Crippen LogP contribution in [0.15, 0.2) is 24.3 Å². The summed E-state index contributed by atoms with van der Waals surface area (Å²) in [6.07, 6.45) is 3.78. The molecule has 3 rings (SSSR count). The number of fused-ring (bicyclic) bond motifs is 1. The van der Waals surface area contributed by atoms with Crippen molar-refractivity contribution in [3.63, 3.8) is 0 Å². The summed E-state index contributed by atoms with van der Waals surface area (Å²) in [4.78, 5) is 0. The molecule has 2 heterocycles. The Morgan fingerprint density at radius 1 is 1.21 bits per heavy atom. The maximum Gasteiger partial charge on any atom is 0.0539 e. The van der Waals surface area contributed by atoms with Crippen LogP contribution in [0.5, 0.6) is 0 Å². The maximum absolute atomic E-state index is 3.69. The Bertz CT molecular complexity index is 313. The molecule has 2 heteroatoms. The largest absolute Gasteiger partial charge is 0.378 e. The van der Waals surface area contributed by atoms with E-state index in [1.165, 1.54) is 37.1 Å². The fourth-order valence-corrected chi connectivity index (χ4v) is 2.72. The van der Waals surface area contributed by atoms with Crippen LogP contribution >= 0.6 is 0 Å². The van der Waals surface area contributed by atoms with Crippen LogP contribution in [0.2, 0.25) is 0 Å². The second-order valence-electron chi connectivity index (χ2n) is 4.52. The molecule has 0 aromatic heterocycles. The number of anilines is 1. The van der Waals surface area contributed by atoms with E-state index in [-0.39, 0.29) is 0 Å². The number of hydrogen-bond donors (Lipinski definition) is 2. The zero-order valence-corrected chi connectivity index (χ0v) is 8.34. The third-order valence-electron chi connectivity index (χ3n) is 3.42. The van der Waals surface area contributed by atoms with Crippen LogP contribution < -0.4 is 10.6 Å². The Balaban J connectivity index is 1.89. The lowest BCUT2D eigenvalue weighted by atomic mass is 9.87. The van der Waals surface area contributed by atoms with E-state index in [1.807, 2.05) is 0 Å². The monoisotopic (exact) mass is 188 g/mol. The standard InChI is InChI=1S/C12H16N2/c1-2-5-11-10(4-1)8-12(14-11)6-3-7-13-9-12/h1-2,4-5,13-14H,3,6-9H2/t12-/m1/s1. The Hall–Kier alpha value is -1.02. The quantitative estimate of drug-likeness (QED) is 0.648. The predicted molar refractivity (Wildman–Crippen MR) is 58.6 cm³/mol. The third kappa shape index (κ3) is 1.22. The van der Waals surface area contributed by atoms with Gasteiger partial charge in [0.05, 0.1) is 5.54 Å². The second kappa shape index (κ2) is 2.99. The lowest BCUT2D eigenvalue weighted by Gasteiger charge is -2.34. The van der Waals surface area contributed by atoms with Crippen molar-refractivity contribution in [3.8, 4) is 0 Å². The molecule has 2 N–H and O–H groups in total. The fraction of sp³-hybridized carbons (Fsp3) is 0.500. The highest BCUT2D eigenvalue weighted by molar-refractivity contribution is 5.59. The summed E-state index contributed by atoms with van der Waals surface area (Å²) in [5, 5.41) is 7.18. The Morgan fingerprint density at radius 3 is 2.93 bits per heavy atom. The van der Waals surface area contributed by atoms with Crippen molar-refractivity contribution in [2.75, 3.05) is 18.4 Å². The normalized spacial score (nSPS) is 30.0. The third-order valence-corrected chi connectivity index (χ3v) is 3.42. The summed E-state index contributed by atoms with van der Waals surface area (Å²) in [6.45, 7) is 2.29. The Morgan fingerprint density at radius 2 is 2.14 bits per heavy atom. The summed E-state index contributed by atoms with van der Waals surface area (Å²) >= 11 is 0. The summed E-state index contributed by atoms with van der Waals surface area (Å²) in [5.41, 5.74) is 3.15. The first-order valence-electron chi connectivity index (χ1n) is 5.45. The van der Waals surface area contributed by atoms with Gasteiger partial charge in [0.2, 0.25) is 0 Å². The number of benzene rings is 1. The minimum absolute atomic E-state index is 0.321. The first-order valence-corrected chi connectivity index (χ1v) is 5.45. The smallest absolute Gasteiger partial charge is 0.0539 e. The van der Waals surface area contributed by atoms with Gasteiger partial charge in [-0.2, -0.15) is 0 Å². The summed E-state index contributed by atoms with van der Waals surface area (Å²) in [7, 11) is 0. The molecule has 1 saturated heterocycles. The fourth-order valence-electron chi connectivity index (χ4n) is 2.72. The van der Waals surface area contributed by atoms with Gasteiger partial charge in [0, 0.05) is 12.2 Å². The highest BCUT2D eigenvalue weighted by atomic mass is 15.1. The van der Waals surface area contributed by atoms with Crippen molar-refractivity contribution in [1.82, 2.24) is 5.32 Å². The highest BCUT2D eigenvalue weighted by Gasteiger charge is 2.37.